The van der Waals surface area contributed by atoms with Gasteiger partial charge in [-0.15, -0.1) is 0 Å². The number of fused-ring (bicyclic) bond motifs is 1. The van der Waals surface area contributed by atoms with Gasteiger partial charge in [-0.1, -0.05) is 37.3 Å². The lowest BCUT2D eigenvalue weighted by Crippen LogP contribution is -2.49. The predicted molar refractivity (Wildman–Crippen MR) is 139 cm³/mol. The maximum Gasteiger partial charge on any atom is 0.242 e. The molecule has 1 unspecified atom stereocenters. The van der Waals surface area contributed by atoms with E-state index in [0.717, 1.165) is 11.8 Å². The zero-order valence-corrected chi connectivity index (χ0v) is 21.9. The molecule has 0 aromatic heterocycles. The summed E-state index contributed by atoms with van der Waals surface area (Å²) < 4.78 is 37.5. The van der Waals surface area contributed by atoms with Gasteiger partial charge in [0.05, 0.1) is 11.9 Å². The maximum absolute atomic E-state index is 13.3. The van der Waals surface area contributed by atoms with Crippen molar-refractivity contribution in [3.05, 3.63) is 54.1 Å². The Morgan fingerprint density at radius 1 is 1.03 bits per heavy atom. The molecular formula is C26H35N3O6S. The van der Waals surface area contributed by atoms with Crippen LogP contribution < -0.4 is 19.1 Å². The zero-order valence-electron chi connectivity index (χ0n) is 21.1. The molecule has 1 aliphatic rings. The SMILES string of the molecule is CCC(C(=O)NC)N(CCc1ccccc1)C(=O)CCCN(c1ccc2c(c1)OCCO2)S(C)(=O)=O. The van der Waals surface area contributed by atoms with Gasteiger partial charge in [0.1, 0.15) is 19.3 Å². The average molecular weight is 518 g/mol. The van der Waals surface area contributed by atoms with E-state index in [4.69, 9.17) is 9.47 Å². The smallest absolute Gasteiger partial charge is 0.242 e. The molecule has 1 atom stereocenters. The Kier molecular flexibility index (Phi) is 9.58. The summed E-state index contributed by atoms with van der Waals surface area (Å²) in [5.74, 6) is 0.666. The Morgan fingerprint density at radius 2 is 1.72 bits per heavy atom. The Balaban J connectivity index is 1.70. The third-order valence-electron chi connectivity index (χ3n) is 6.08. The van der Waals surface area contributed by atoms with E-state index in [9.17, 15) is 18.0 Å². The molecule has 0 radical (unpaired) electrons. The first-order valence-electron chi connectivity index (χ1n) is 12.2. The molecule has 2 amide bonds. The van der Waals surface area contributed by atoms with Crippen molar-refractivity contribution in [2.75, 3.05) is 43.9 Å². The van der Waals surface area contributed by atoms with Gasteiger partial charge >= 0.3 is 0 Å². The number of likely N-dealkylation sites (N-methyl/N-ethyl adjacent to an activating group) is 1. The van der Waals surface area contributed by atoms with Crippen molar-refractivity contribution < 1.29 is 27.5 Å². The van der Waals surface area contributed by atoms with E-state index in [0.29, 0.717) is 56.2 Å². The molecule has 1 heterocycles. The van der Waals surface area contributed by atoms with Crippen LogP contribution in [0.4, 0.5) is 5.69 Å². The second kappa shape index (κ2) is 12.6. The number of hydrogen-bond donors (Lipinski definition) is 1. The minimum absolute atomic E-state index is 0.110. The van der Waals surface area contributed by atoms with Gasteiger partial charge in [-0.05, 0) is 37.0 Å². The van der Waals surface area contributed by atoms with Crippen LogP contribution in [0.5, 0.6) is 11.5 Å². The highest BCUT2D eigenvalue weighted by atomic mass is 32.2. The highest BCUT2D eigenvalue weighted by Crippen LogP contribution is 2.34. The molecule has 0 saturated heterocycles. The van der Waals surface area contributed by atoms with Crippen LogP contribution in [0.1, 0.15) is 31.7 Å². The minimum atomic E-state index is -3.60. The van der Waals surface area contributed by atoms with Gasteiger partial charge in [-0.25, -0.2) is 8.42 Å². The second-order valence-electron chi connectivity index (χ2n) is 8.63. The molecule has 36 heavy (non-hydrogen) atoms. The molecule has 1 N–H and O–H groups in total. The predicted octanol–water partition coefficient (Wildman–Crippen LogP) is 2.60. The Labute approximate surface area is 213 Å². The van der Waals surface area contributed by atoms with E-state index in [1.165, 1.54) is 4.31 Å². The number of amides is 2. The quantitative estimate of drug-likeness (QED) is 0.464. The van der Waals surface area contributed by atoms with Crippen LogP contribution in [0, 0.1) is 0 Å². The average Bonchev–Trinajstić information content (AvgIpc) is 2.88. The number of ether oxygens (including phenoxy) is 2. The molecule has 196 valence electrons. The van der Waals surface area contributed by atoms with Crippen molar-refractivity contribution in [2.24, 2.45) is 0 Å². The Morgan fingerprint density at radius 3 is 2.36 bits per heavy atom. The van der Waals surface area contributed by atoms with E-state index < -0.39 is 16.1 Å². The first-order valence-corrected chi connectivity index (χ1v) is 14.0. The highest BCUT2D eigenvalue weighted by Gasteiger charge is 2.28. The highest BCUT2D eigenvalue weighted by molar-refractivity contribution is 7.92. The van der Waals surface area contributed by atoms with Gasteiger partial charge in [0, 0.05) is 32.6 Å². The van der Waals surface area contributed by atoms with E-state index >= 15 is 0 Å². The van der Waals surface area contributed by atoms with Crippen molar-refractivity contribution in [2.45, 2.75) is 38.6 Å². The van der Waals surface area contributed by atoms with E-state index in [1.54, 1.807) is 30.1 Å². The molecular weight excluding hydrogens is 482 g/mol. The van der Waals surface area contributed by atoms with Crippen molar-refractivity contribution >= 4 is 27.5 Å². The molecule has 3 rings (SSSR count). The van der Waals surface area contributed by atoms with Crippen LogP contribution >= 0.6 is 0 Å². The molecule has 0 spiro atoms. The van der Waals surface area contributed by atoms with Crippen LogP contribution in [0.25, 0.3) is 0 Å². The van der Waals surface area contributed by atoms with Gasteiger partial charge < -0.3 is 19.7 Å². The fourth-order valence-corrected chi connectivity index (χ4v) is 5.21. The van der Waals surface area contributed by atoms with Crippen LogP contribution in [-0.2, 0) is 26.0 Å². The first-order chi connectivity index (χ1) is 17.2. The van der Waals surface area contributed by atoms with Crippen LogP contribution in [0.15, 0.2) is 48.5 Å². The van der Waals surface area contributed by atoms with Gasteiger partial charge in [0.25, 0.3) is 0 Å². The van der Waals surface area contributed by atoms with E-state index in [-0.39, 0.29) is 24.8 Å². The maximum atomic E-state index is 13.3. The summed E-state index contributed by atoms with van der Waals surface area (Å²) in [5.41, 5.74) is 1.52. The minimum Gasteiger partial charge on any atom is -0.486 e. The number of nitrogens with zero attached hydrogens (tertiary/aromatic N) is 2. The summed E-state index contributed by atoms with van der Waals surface area (Å²) in [4.78, 5) is 27.4. The number of rotatable bonds is 12. The van der Waals surface area contributed by atoms with Gasteiger partial charge in [0.15, 0.2) is 11.5 Å². The number of carbonyl (C=O) groups excluding carboxylic acids is 2. The number of sulfonamides is 1. The number of carbonyl (C=O) groups is 2. The molecule has 0 bridgehead atoms. The monoisotopic (exact) mass is 517 g/mol. The molecule has 10 heteroatoms. The van der Waals surface area contributed by atoms with Crippen LogP contribution in [0.2, 0.25) is 0 Å². The van der Waals surface area contributed by atoms with Gasteiger partial charge in [0.2, 0.25) is 21.8 Å². The summed E-state index contributed by atoms with van der Waals surface area (Å²) in [7, 11) is -2.04. The van der Waals surface area contributed by atoms with Crippen LogP contribution in [0.3, 0.4) is 0 Å². The summed E-state index contributed by atoms with van der Waals surface area (Å²) in [6, 6.07) is 14.2. The Hall–Kier alpha value is -3.27. The standard InChI is InChI=1S/C26H35N3O6S/c1-4-22(26(31)27-2)28(16-14-20-9-6-5-7-10-20)25(30)11-8-15-29(36(3,32)33)21-12-13-23-24(19-21)35-18-17-34-23/h5-7,9-10,12-13,19,22H,4,8,11,14-18H2,1-3H3,(H,27,31). The number of anilines is 1. The number of benzene rings is 2. The van der Waals surface area contributed by atoms with Crippen LogP contribution in [-0.4, -0.2) is 70.8 Å². The molecule has 0 fully saturated rings. The number of nitrogens with one attached hydrogen (secondary N) is 1. The lowest BCUT2D eigenvalue weighted by Gasteiger charge is -2.31. The van der Waals surface area contributed by atoms with Crippen molar-refractivity contribution in [3.63, 3.8) is 0 Å². The van der Waals surface area contributed by atoms with Gasteiger partial charge in [-0.2, -0.15) is 0 Å². The topological polar surface area (TPSA) is 105 Å². The third-order valence-corrected chi connectivity index (χ3v) is 7.28. The molecule has 9 nitrogen and oxygen atoms in total. The molecule has 2 aromatic rings. The second-order valence-corrected chi connectivity index (χ2v) is 10.5. The molecule has 2 aromatic carbocycles. The van der Waals surface area contributed by atoms with Crippen molar-refractivity contribution in [1.82, 2.24) is 10.2 Å². The molecule has 1 aliphatic heterocycles. The summed E-state index contributed by atoms with van der Waals surface area (Å²) in [6.45, 7) is 3.22. The van der Waals surface area contributed by atoms with Crippen molar-refractivity contribution in [1.29, 1.82) is 0 Å². The lowest BCUT2D eigenvalue weighted by molar-refractivity contribution is -0.140. The van der Waals surface area contributed by atoms with Gasteiger partial charge in [-0.3, -0.25) is 13.9 Å². The Bertz CT molecular complexity index is 1140. The van der Waals surface area contributed by atoms with E-state index in [2.05, 4.69) is 5.32 Å². The summed E-state index contributed by atoms with van der Waals surface area (Å²) >= 11 is 0. The summed E-state index contributed by atoms with van der Waals surface area (Å²) in [5, 5.41) is 2.65. The largest absolute Gasteiger partial charge is 0.486 e. The fourth-order valence-electron chi connectivity index (χ4n) is 4.25. The first kappa shape index (κ1) is 27.3. The fraction of sp³-hybridized carbons (Fsp3) is 0.462. The lowest BCUT2D eigenvalue weighted by atomic mass is 10.1. The summed E-state index contributed by atoms with van der Waals surface area (Å²) in [6.07, 6.45) is 2.64. The molecule has 0 saturated carbocycles. The normalized spacial score (nSPS) is 13.5. The molecule has 0 aliphatic carbocycles. The third kappa shape index (κ3) is 7.13. The number of hydrogen-bond acceptors (Lipinski definition) is 6. The zero-order chi connectivity index (χ0) is 26.1. The van der Waals surface area contributed by atoms with E-state index in [1.807, 2.05) is 37.3 Å². The van der Waals surface area contributed by atoms with Crippen molar-refractivity contribution in [3.8, 4) is 11.5 Å².